The SMILES string of the molecule is CCCCCCCCCOC(=O)OCOc1c2n(cc(C(=O)NCc3ccc(F)cc3F)c1=O)[C@@H]1CN(C2=O)[C@@H](C)CC[C@]12CC(C)=NO2.[HH]. The standard InChI is InChI=1S/C35H44F2N4O8.H2/c1-4-5-6-7-8-9-10-15-46-34(45)48-21-47-31-29-33(44)40-20-28(35(14-13-23(40)3)17-22(2)39-49-35)41(29)19-26(30(31)42)32(43)38-18-24-11-12-25(36)16-27(24)37;/h11-12,16,19,23,28H,4-10,13-15,17-18,20-21H2,1-3H3,(H,38,43);1H/t23-,28+,35-;/m0./s1. The smallest absolute Gasteiger partial charge is 0.451 e. The Bertz CT molecular complexity index is 1650. The number of carbonyl (C=O) groups excluding carboxylic acids is 3. The van der Waals surface area contributed by atoms with E-state index in [9.17, 15) is 28.0 Å². The minimum absolute atomic E-state index is 0. The first-order valence-corrected chi connectivity index (χ1v) is 17.0. The zero-order valence-corrected chi connectivity index (χ0v) is 28.2. The van der Waals surface area contributed by atoms with Crippen LogP contribution < -0.4 is 15.5 Å². The van der Waals surface area contributed by atoms with Crippen molar-refractivity contribution in [2.45, 2.75) is 109 Å². The van der Waals surface area contributed by atoms with Crippen LogP contribution in [0.5, 0.6) is 5.75 Å². The molecule has 1 saturated heterocycles. The van der Waals surface area contributed by atoms with Crippen molar-refractivity contribution < 1.29 is 43.6 Å². The number of carbonyl (C=O) groups is 3. The molecule has 4 heterocycles. The number of ether oxygens (including phenoxy) is 3. The summed E-state index contributed by atoms with van der Waals surface area (Å²) in [7, 11) is 0. The number of hydrogen-bond acceptors (Lipinski definition) is 9. The zero-order valence-electron chi connectivity index (χ0n) is 28.2. The van der Waals surface area contributed by atoms with Crippen molar-refractivity contribution in [3.8, 4) is 5.75 Å². The fraction of sp³-hybridized carbons (Fsp3) is 0.571. The van der Waals surface area contributed by atoms with E-state index in [-0.39, 0.29) is 38.4 Å². The van der Waals surface area contributed by atoms with Crippen LogP contribution in [0.3, 0.4) is 0 Å². The number of nitrogens with zero attached hydrogens (tertiary/aromatic N) is 3. The second-order valence-electron chi connectivity index (χ2n) is 13.0. The molecule has 3 atom stereocenters. The van der Waals surface area contributed by atoms with Gasteiger partial charge < -0.3 is 33.8 Å². The highest BCUT2D eigenvalue weighted by Crippen LogP contribution is 2.46. The van der Waals surface area contributed by atoms with Gasteiger partial charge in [0.05, 0.1) is 18.4 Å². The van der Waals surface area contributed by atoms with Gasteiger partial charge in [-0.3, -0.25) is 14.4 Å². The molecule has 2 amide bonds. The van der Waals surface area contributed by atoms with Gasteiger partial charge in [-0.15, -0.1) is 0 Å². The fourth-order valence-corrected chi connectivity index (χ4v) is 6.73. The Morgan fingerprint density at radius 2 is 1.88 bits per heavy atom. The lowest BCUT2D eigenvalue weighted by molar-refractivity contribution is -0.0658. The van der Waals surface area contributed by atoms with Crippen LogP contribution in [0.15, 0.2) is 34.3 Å². The van der Waals surface area contributed by atoms with Gasteiger partial charge in [0.15, 0.2) is 11.3 Å². The van der Waals surface area contributed by atoms with Crippen LogP contribution in [0.2, 0.25) is 0 Å². The number of rotatable bonds is 14. The third kappa shape index (κ3) is 8.05. The number of oxime groups is 1. The van der Waals surface area contributed by atoms with Gasteiger partial charge in [-0.1, -0.05) is 56.7 Å². The molecule has 2 aromatic rings. The number of pyridine rings is 1. The number of aromatic nitrogens is 1. The third-order valence-corrected chi connectivity index (χ3v) is 9.47. The Hall–Kier alpha value is -4.49. The molecular formula is C35H46F2N4O8. The van der Waals surface area contributed by atoms with E-state index in [4.69, 9.17) is 19.0 Å². The maximum absolute atomic E-state index is 14.3. The molecular weight excluding hydrogens is 642 g/mol. The molecule has 49 heavy (non-hydrogen) atoms. The molecule has 12 nitrogen and oxygen atoms in total. The lowest BCUT2D eigenvalue weighted by Crippen LogP contribution is -2.52. The number of halogens is 2. The van der Waals surface area contributed by atoms with Gasteiger partial charge in [-0.2, -0.15) is 0 Å². The van der Waals surface area contributed by atoms with Gasteiger partial charge in [-0.05, 0) is 39.2 Å². The maximum Gasteiger partial charge on any atom is 0.511 e. The highest BCUT2D eigenvalue weighted by molar-refractivity contribution is 5.99. The third-order valence-electron chi connectivity index (χ3n) is 9.47. The lowest BCUT2D eigenvalue weighted by atomic mass is 9.84. The Labute approximate surface area is 285 Å². The fourth-order valence-electron chi connectivity index (χ4n) is 6.73. The number of unbranched alkanes of at least 4 members (excludes halogenated alkanes) is 6. The van der Waals surface area contributed by atoms with E-state index in [2.05, 4.69) is 17.4 Å². The molecule has 5 rings (SSSR count). The Kier molecular flexibility index (Phi) is 11.6. The van der Waals surface area contributed by atoms with Crippen LogP contribution in [0.1, 0.15) is 119 Å². The van der Waals surface area contributed by atoms with E-state index < -0.39 is 64.8 Å². The van der Waals surface area contributed by atoms with Crippen molar-refractivity contribution in [1.29, 1.82) is 0 Å². The molecule has 14 heteroatoms. The van der Waals surface area contributed by atoms with Crippen molar-refractivity contribution in [3.05, 3.63) is 63.1 Å². The summed E-state index contributed by atoms with van der Waals surface area (Å²) in [6, 6.07) is 2.16. The monoisotopic (exact) mass is 688 g/mol. The van der Waals surface area contributed by atoms with Gasteiger partial charge in [0, 0.05) is 44.8 Å². The van der Waals surface area contributed by atoms with Crippen LogP contribution in [0, 0.1) is 11.6 Å². The normalized spacial score (nSPS) is 21.0. The van der Waals surface area contributed by atoms with Crippen LogP contribution in [-0.2, 0) is 20.9 Å². The minimum atomic E-state index is -1.00. The van der Waals surface area contributed by atoms with E-state index >= 15 is 0 Å². The van der Waals surface area contributed by atoms with E-state index in [0.29, 0.717) is 31.7 Å². The predicted molar refractivity (Wildman–Crippen MR) is 177 cm³/mol. The molecule has 0 saturated carbocycles. The summed E-state index contributed by atoms with van der Waals surface area (Å²) in [6.45, 7) is 5.18. The molecule has 0 unspecified atom stereocenters. The first-order valence-electron chi connectivity index (χ1n) is 17.0. The predicted octanol–water partition coefficient (Wildman–Crippen LogP) is 6.26. The minimum Gasteiger partial charge on any atom is -0.451 e. The summed E-state index contributed by atoms with van der Waals surface area (Å²) in [4.78, 5) is 61.4. The van der Waals surface area contributed by atoms with Crippen molar-refractivity contribution in [2.24, 2.45) is 5.16 Å². The average Bonchev–Trinajstić information content (AvgIpc) is 3.40. The largest absolute Gasteiger partial charge is 0.511 e. The highest BCUT2D eigenvalue weighted by atomic mass is 19.1. The quantitative estimate of drug-likeness (QED) is 0.140. The topological polar surface area (TPSA) is 138 Å². The van der Waals surface area contributed by atoms with Crippen molar-refractivity contribution >= 4 is 23.7 Å². The van der Waals surface area contributed by atoms with Gasteiger partial charge >= 0.3 is 6.16 Å². The van der Waals surface area contributed by atoms with Crippen LogP contribution in [0.4, 0.5) is 13.6 Å². The maximum atomic E-state index is 14.3. The summed E-state index contributed by atoms with van der Waals surface area (Å²) in [5.41, 5.74) is -1.55. The molecule has 0 aliphatic carbocycles. The van der Waals surface area contributed by atoms with E-state index in [1.807, 2.05) is 13.8 Å². The van der Waals surface area contributed by atoms with Crippen LogP contribution in [0.25, 0.3) is 0 Å². The number of amides is 2. The molecule has 1 aromatic heterocycles. The van der Waals surface area contributed by atoms with Gasteiger partial charge in [-0.25, -0.2) is 13.6 Å². The molecule has 1 fully saturated rings. The Morgan fingerprint density at radius 3 is 2.59 bits per heavy atom. The summed E-state index contributed by atoms with van der Waals surface area (Å²) < 4.78 is 45.2. The van der Waals surface area contributed by atoms with E-state index in [1.165, 1.54) is 36.1 Å². The average molecular weight is 689 g/mol. The highest BCUT2D eigenvalue weighted by Gasteiger charge is 2.54. The Balaban J connectivity index is 0.00000562. The van der Waals surface area contributed by atoms with Gasteiger partial charge in [0.1, 0.15) is 17.2 Å². The van der Waals surface area contributed by atoms with E-state index in [0.717, 1.165) is 31.0 Å². The van der Waals surface area contributed by atoms with Gasteiger partial charge in [0.25, 0.3) is 11.8 Å². The van der Waals surface area contributed by atoms with Crippen molar-refractivity contribution in [3.63, 3.8) is 0 Å². The molecule has 1 N–H and O–H groups in total. The second-order valence-corrected chi connectivity index (χ2v) is 13.0. The summed E-state index contributed by atoms with van der Waals surface area (Å²) in [5, 5.41) is 6.71. The first kappa shape index (κ1) is 35.8. The lowest BCUT2D eigenvalue weighted by Gasteiger charge is -2.42. The van der Waals surface area contributed by atoms with Crippen LogP contribution >= 0.6 is 0 Å². The number of nitrogens with one attached hydrogen (secondary N) is 1. The molecule has 2 bridgehead atoms. The van der Waals surface area contributed by atoms with Crippen molar-refractivity contribution in [2.75, 3.05) is 19.9 Å². The second kappa shape index (κ2) is 15.8. The summed E-state index contributed by atoms with van der Waals surface area (Å²) in [6.07, 6.45) is 9.19. The number of fused-ring (bicyclic) bond motifs is 5. The number of hydrogen-bond donors (Lipinski definition) is 1. The van der Waals surface area contributed by atoms with Gasteiger partial charge in [0.2, 0.25) is 18.0 Å². The Morgan fingerprint density at radius 1 is 1.12 bits per heavy atom. The summed E-state index contributed by atoms with van der Waals surface area (Å²) >= 11 is 0. The molecule has 3 aliphatic rings. The molecule has 0 radical (unpaired) electrons. The summed E-state index contributed by atoms with van der Waals surface area (Å²) in [5.74, 6) is -3.50. The van der Waals surface area contributed by atoms with Crippen LogP contribution in [-0.4, -0.2) is 64.7 Å². The molecule has 3 aliphatic heterocycles. The zero-order chi connectivity index (χ0) is 35.1. The molecule has 268 valence electrons. The first-order chi connectivity index (χ1) is 23.5. The van der Waals surface area contributed by atoms with E-state index in [1.54, 1.807) is 4.90 Å². The van der Waals surface area contributed by atoms with Crippen molar-refractivity contribution in [1.82, 2.24) is 14.8 Å². The molecule has 1 spiro atoms. The number of benzene rings is 1. The molecule has 1 aromatic carbocycles.